The summed E-state index contributed by atoms with van der Waals surface area (Å²) in [6.45, 7) is 0.0577. The van der Waals surface area contributed by atoms with Crippen LogP contribution >= 0.6 is 0 Å². The van der Waals surface area contributed by atoms with Gasteiger partial charge in [-0.25, -0.2) is 18.1 Å². The summed E-state index contributed by atoms with van der Waals surface area (Å²) in [6, 6.07) is 16.1. The number of hydrogen-bond donors (Lipinski definition) is 0. The van der Waals surface area contributed by atoms with Gasteiger partial charge in [0.2, 0.25) is 0 Å². The number of pyridine rings is 2. The third-order valence-corrected chi connectivity index (χ3v) is 7.74. The molecule has 0 N–H and O–H groups in total. The molecule has 2 aromatic heterocycles. The number of sulfone groups is 1. The Bertz CT molecular complexity index is 1620. The van der Waals surface area contributed by atoms with Gasteiger partial charge in [0, 0.05) is 36.4 Å². The molecular weight excluding hydrogens is 521 g/mol. The van der Waals surface area contributed by atoms with Crippen LogP contribution in [0.2, 0.25) is 0 Å². The van der Waals surface area contributed by atoms with E-state index in [9.17, 15) is 31.2 Å². The number of rotatable bonds is 6. The molecule has 4 aromatic rings. The number of anilines is 1. The highest BCUT2D eigenvalue weighted by Crippen LogP contribution is 2.33. The first-order valence-electron chi connectivity index (χ1n) is 11.4. The van der Waals surface area contributed by atoms with Crippen LogP contribution in [0.4, 0.5) is 23.7 Å². The standard InChI is InChI=1S/C26H19F3N4O4S/c27-26(28,29)38(36,37)20-10-8-19(9-11-20)33-24(34)23(15-18-5-3-4-13-30-18)32(25(33)35)16-17-12-14-31-22-7-2-1-6-21(17)22/h1-14,23H,15-16H2. The molecule has 0 spiro atoms. The van der Waals surface area contributed by atoms with Crippen molar-refractivity contribution >= 4 is 38.4 Å². The number of halogens is 3. The van der Waals surface area contributed by atoms with Gasteiger partial charge in [0.25, 0.3) is 15.7 Å². The summed E-state index contributed by atoms with van der Waals surface area (Å²) in [5, 5.41) is 0.798. The number of benzene rings is 2. The number of nitrogens with zero attached hydrogens (tertiary/aromatic N) is 4. The van der Waals surface area contributed by atoms with Crippen molar-refractivity contribution in [1.82, 2.24) is 14.9 Å². The third kappa shape index (κ3) is 4.47. The molecular formula is C26H19F3N4O4S. The second kappa shape index (κ2) is 9.53. The minimum atomic E-state index is -5.58. The first kappa shape index (κ1) is 25.3. The minimum absolute atomic E-state index is 0.0470. The van der Waals surface area contributed by atoms with E-state index in [2.05, 4.69) is 9.97 Å². The molecule has 194 valence electrons. The number of carbonyl (C=O) groups is 2. The predicted molar refractivity (Wildman–Crippen MR) is 132 cm³/mol. The topological polar surface area (TPSA) is 101 Å². The first-order valence-corrected chi connectivity index (χ1v) is 12.8. The molecule has 0 bridgehead atoms. The zero-order valence-corrected chi connectivity index (χ0v) is 20.4. The van der Waals surface area contributed by atoms with Crippen molar-refractivity contribution in [3.63, 3.8) is 0 Å². The van der Waals surface area contributed by atoms with E-state index in [4.69, 9.17) is 0 Å². The van der Waals surface area contributed by atoms with Crippen LogP contribution < -0.4 is 4.90 Å². The average Bonchev–Trinajstić information content (AvgIpc) is 3.13. The van der Waals surface area contributed by atoms with E-state index < -0.39 is 38.2 Å². The number of alkyl halides is 3. The van der Waals surface area contributed by atoms with Crippen LogP contribution in [-0.2, 0) is 27.6 Å². The fraction of sp³-hybridized carbons (Fsp3) is 0.154. The average molecular weight is 541 g/mol. The molecule has 1 aliphatic heterocycles. The molecule has 3 heterocycles. The van der Waals surface area contributed by atoms with Gasteiger partial charge >= 0.3 is 11.5 Å². The van der Waals surface area contributed by atoms with E-state index in [0.717, 1.165) is 40.1 Å². The summed E-state index contributed by atoms with van der Waals surface area (Å²) in [6.07, 6.45) is 3.27. The van der Waals surface area contributed by atoms with E-state index in [1.807, 2.05) is 24.3 Å². The molecule has 5 rings (SSSR count). The number of amides is 3. The maximum atomic E-state index is 13.6. The maximum Gasteiger partial charge on any atom is 0.501 e. The Kier molecular flexibility index (Phi) is 6.35. The van der Waals surface area contributed by atoms with Crippen molar-refractivity contribution in [3.8, 4) is 0 Å². The Morgan fingerprint density at radius 3 is 2.24 bits per heavy atom. The number of fused-ring (bicyclic) bond motifs is 1. The highest BCUT2D eigenvalue weighted by atomic mass is 32.2. The summed E-state index contributed by atoms with van der Waals surface area (Å²) < 4.78 is 62.3. The number of urea groups is 1. The highest BCUT2D eigenvalue weighted by Gasteiger charge is 2.48. The monoisotopic (exact) mass is 540 g/mol. The van der Waals surface area contributed by atoms with Crippen LogP contribution in [0.25, 0.3) is 10.9 Å². The molecule has 1 atom stereocenters. The molecule has 12 heteroatoms. The zero-order chi connectivity index (χ0) is 27.1. The minimum Gasteiger partial charge on any atom is -0.307 e. The Morgan fingerprint density at radius 1 is 0.842 bits per heavy atom. The summed E-state index contributed by atoms with van der Waals surface area (Å²) in [7, 11) is -5.58. The van der Waals surface area contributed by atoms with E-state index in [-0.39, 0.29) is 18.7 Å². The molecule has 1 unspecified atom stereocenters. The quantitative estimate of drug-likeness (QED) is 0.334. The third-order valence-electron chi connectivity index (χ3n) is 6.24. The van der Waals surface area contributed by atoms with Crippen LogP contribution in [0.15, 0.2) is 90.1 Å². The second-order valence-corrected chi connectivity index (χ2v) is 10.5. The molecule has 0 aliphatic carbocycles. The summed E-state index contributed by atoms with van der Waals surface area (Å²) in [5.74, 6) is -0.606. The van der Waals surface area contributed by atoms with Gasteiger partial charge in [-0.15, -0.1) is 0 Å². The first-order chi connectivity index (χ1) is 18.1. The van der Waals surface area contributed by atoms with E-state index in [0.29, 0.717) is 11.2 Å². The fourth-order valence-electron chi connectivity index (χ4n) is 4.35. The van der Waals surface area contributed by atoms with E-state index in [1.54, 1.807) is 36.7 Å². The highest BCUT2D eigenvalue weighted by molar-refractivity contribution is 7.92. The summed E-state index contributed by atoms with van der Waals surface area (Å²) in [5.41, 5.74) is -3.50. The Labute approximate surface area is 215 Å². The molecule has 1 fully saturated rings. The zero-order valence-electron chi connectivity index (χ0n) is 19.5. The lowest BCUT2D eigenvalue weighted by Crippen LogP contribution is -2.36. The Balaban J connectivity index is 1.52. The van der Waals surface area contributed by atoms with E-state index >= 15 is 0 Å². The van der Waals surface area contributed by atoms with Gasteiger partial charge in [0.1, 0.15) is 6.04 Å². The number of imide groups is 1. The Morgan fingerprint density at radius 2 is 1.55 bits per heavy atom. The van der Waals surface area contributed by atoms with Crippen molar-refractivity contribution in [2.45, 2.75) is 29.4 Å². The molecule has 2 aromatic carbocycles. The number of para-hydroxylation sites is 1. The van der Waals surface area contributed by atoms with Crippen molar-refractivity contribution in [3.05, 3.63) is 96.4 Å². The van der Waals surface area contributed by atoms with Crippen LogP contribution in [0.1, 0.15) is 11.3 Å². The van der Waals surface area contributed by atoms with E-state index in [1.165, 1.54) is 4.90 Å². The van der Waals surface area contributed by atoms with Crippen molar-refractivity contribution in [1.29, 1.82) is 0 Å². The lowest BCUT2D eigenvalue weighted by atomic mass is 10.1. The van der Waals surface area contributed by atoms with Crippen molar-refractivity contribution < 1.29 is 31.2 Å². The van der Waals surface area contributed by atoms with Crippen molar-refractivity contribution in [2.24, 2.45) is 0 Å². The van der Waals surface area contributed by atoms with Crippen LogP contribution in [-0.4, -0.2) is 46.8 Å². The fourth-order valence-corrected chi connectivity index (χ4v) is 5.11. The Hall–Kier alpha value is -4.32. The lowest BCUT2D eigenvalue weighted by Gasteiger charge is -2.22. The van der Waals surface area contributed by atoms with Crippen LogP contribution in [0, 0.1) is 0 Å². The van der Waals surface area contributed by atoms with Crippen LogP contribution in [0.5, 0.6) is 0 Å². The van der Waals surface area contributed by atoms with Gasteiger partial charge in [-0.1, -0.05) is 24.3 Å². The number of hydrogen-bond acceptors (Lipinski definition) is 6. The summed E-state index contributed by atoms with van der Waals surface area (Å²) in [4.78, 5) is 37.0. The smallest absolute Gasteiger partial charge is 0.307 e. The second-order valence-electron chi connectivity index (χ2n) is 8.56. The lowest BCUT2D eigenvalue weighted by molar-refractivity contribution is -0.119. The molecule has 8 nitrogen and oxygen atoms in total. The summed E-state index contributed by atoms with van der Waals surface area (Å²) >= 11 is 0. The molecule has 0 saturated carbocycles. The number of carbonyl (C=O) groups excluding carboxylic acids is 2. The van der Waals surface area contributed by atoms with Crippen molar-refractivity contribution in [2.75, 3.05) is 4.90 Å². The molecule has 38 heavy (non-hydrogen) atoms. The largest absolute Gasteiger partial charge is 0.501 e. The van der Waals surface area contributed by atoms with Gasteiger partial charge in [-0.3, -0.25) is 14.8 Å². The number of aromatic nitrogens is 2. The maximum absolute atomic E-state index is 13.6. The molecule has 1 aliphatic rings. The normalized spacial score (nSPS) is 16.4. The van der Waals surface area contributed by atoms with Gasteiger partial charge in [-0.2, -0.15) is 13.2 Å². The van der Waals surface area contributed by atoms with Gasteiger partial charge < -0.3 is 4.90 Å². The molecule has 0 radical (unpaired) electrons. The van der Waals surface area contributed by atoms with Crippen LogP contribution in [0.3, 0.4) is 0 Å². The SMILES string of the molecule is O=C1C(Cc2ccccn2)N(Cc2ccnc3ccccc23)C(=O)N1c1ccc(S(=O)(=O)C(F)(F)F)cc1. The van der Waals surface area contributed by atoms with Gasteiger partial charge in [-0.05, 0) is 54.1 Å². The van der Waals surface area contributed by atoms with Gasteiger partial charge in [0.05, 0.1) is 16.1 Å². The predicted octanol–water partition coefficient (Wildman–Crippen LogP) is 4.50. The molecule has 1 saturated heterocycles. The molecule has 3 amide bonds. The van der Waals surface area contributed by atoms with Gasteiger partial charge in [0.15, 0.2) is 0 Å².